The molecule has 0 saturated carbocycles. The summed E-state index contributed by atoms with van der Waals surface area (Å²) in [5.74, 6) is -2.91. The smallest absolute Gasteiger partial charge is 0.417 e. The number of fused-ring (bicyclic) bond motifs is 1. The summed E-state index contributed by atoms with van der Waals surface area (Å²) in [4.78, 5) is 22.8. The Morgan fingerprint density at radius 3 is 2.57 bits per heavy atom. The first-order valence-electron chi connectivity index (χ1n) is 14.9. The highest BCUT2D eigenvalue weighted by atomic mass is 35.5. The molecule has 2 aromatic heterocycles. The molecular weight excluding hydrogens is 698 g/mol. The van der Waals surface area contributed by atoms with Crippen molar-refractivity contribution in [1.82, 2.24) is 25.0 Å². The minimum Gasteiger partial charge on any atom is -0.494 e. The molecule has 2 aromatic carbocycles. The standard InChI is InChI=1S/C32H33F5N6O4.2ClH/c1-4-13-45-19-10-11-20(22(15-19)32(35,36)37)24-16-27(47-41-24)29(31(44)46-14-6-5-12-42(2)3)43-18-26-25(17-38-43)39-30(40-26)21-8-7-9-23(33)28(21)34;;/h7-11,15-17,29H,4-6,12-14,18H2,1-3H3,(H,39,40);2*1H. The number of ether oxygens (including phenoxy) is 2. The average molecular weight is 734 g/mol. The number of hydrazone groups is 1. The number of hydrogen-bond donors (Lipinski definition) is 1. The van der Waals surface area contributed by atoms with Crippen LogP contribution in [0.2, 0.25) is 0 Å². The summed E-state index contributed by atoms with van der Waals surface area (Å²) in [7, 11) is 3.84. The molecule has 0 spiro atoms. The van der Waals surface area contributed by atoms with Gasteiger partial charge in [0.15, 0.2) is 17.4 Å². The van der Waals surface area contributed by atoms with E-state index in [1.807, 2.05) is 25.9 Å². The van der Waals surface area contributed by atoms with Gasteiger partial charge in [-0.15, -0.1) is 24.8 Å². The lowest BCUT2D eigenvalue weighted by Crippen LogP contribution is -2.33. The fourth-order valence-electron chi connectivity index (χ4n) is 4.96. The maximum atomic E-state index is 14.5. The van der Waals surface area contributed by atoms with Crippen LogP contribution in [0, 0.1) is 11.6 Å². The first-order chi connectivity index (χ1) is 22.5. The first kappa shape index (κ1) is 39.2. The largest absolute Gasteiger partial charge is 0.494 e. The molecular formula is C32H35Cl2F5N6O4. The van der Waals surface area contributed by atoms with Crippen LogP contribution in [0.25, 0.3) is 22.6 Å². The van der Waals surface area contributed by atoms with Gasteiger partial charge in [0.25, 0.3) is 0 Å². The Hall–Kier alpha value is -4.21. The second kappa shape index (κ2) is 16.9. The van der Waals surface area contributed by atoms with E-state index in [0.29, 0.717) is 24.2 Å². The van der Waals surface area contributed by atoms with Crippen molar-refractivity contribution in [1.29, 1.82) is 0 Å². The SMILES string of the molecule is CCCOc1ccc(-c2cc(C(C(=O)OCCCCN(C)C)N3Cc4[nH]c(-c5cccc(F)c5F)nc4C=N3)on2)c(C(F)(F)F)c1.Cl.Cl. The number of esters is 1. The predicted molar refractivity (Wildman–Crippen MR) is 176 cm³/mol. The van der Waals surface area contributed by atoms with Crippen molar-refractivity contribution in [2.45, 2.75) is 44.9 Å². The van der Waals surface area contributed by atoms with Crippen LogP contribution in [0.4, 0.5) is 22.0 Å². The molecule has 266 valence electrons. The lowest BCUT2D eigenvalue weighted by molar-refractivity contribution is -0.151. The van der Waals surface area contributed by atoms with E-state index in [-0.39, 0.29) is 78.7 Å². The summed E-state index contributed by atoms with van der Waals surface area (Å²) < 4.78 is 87.1. The highest BCUT2D eigenvalue weighted by molar-refractivity contribution is 5.86. The van der Waals surface area contributed by atoms with Gasteiger partial charge in [-0.2, -0.15) is 18.3 Å². The maximum absolute atomic E-state index is 14.5. The highest BCUT2D eigenvalue weighted by Crippen LogP contribution is 2.40. The van der Waals surface area contributed by atoms with Gasteiger partial charge in [-0.3, -0.25) is 5.01 Å². The molecule has 0 fully saturated rings. The van der Waals surface area contributed by atoms with E-state index in [1.165, 1.54) is 41.6 Å². The minimum absolute atomic E-state index is 0. The number of unbranched alkanes of at least 4 members (excludes halogenated alkanes) is 1. The summed E-state index contributed by atoms with van der Waals surface area (Å²) in [6.45, 7) is 2.87. The van der Waals surface area contributed by atoms with Crippen molar-refractivity contribution in [3.8, 4) is 28.4 Å². The predicted octanol–water partition coefficient (Wildman–Crippen LogP) is 7.44. The van der Waals surface area contributed by atoms with Crippen LogP contribution in [0.15, 0.2) is 52.1 Å². The number of benzene rings is 2. The summed E-state index contributed by atoms with van der Waals surface area (Å²) in [5.41, 5.74) is -0.767. The molecule has 17 heteroatoms. The molecule has 49 heavy (non-hydrogen) atoms. The van der Waals surface area contributed by atoms with E-state index in [4.69, 9.17) is 14.0 Å². The fourth-order valence-corrected chi connectivity index (χ4v) is 4.96. The third kappa shape index (κ3) is 9.28. The topological polar surface area (TPSA) is 109 Å². The lowest BCUT2D eigenvalue weighted by atomic mass is 10.0. The fraction of sp³-hybridized carbons (Fsp3) is 0.375. The zero-order chi connectivity index (χ0) is 33.7. The molecule has 3 heterocycles. The number of aromatic nitrogens is 3. The number of halogens is 7. The lowest BCUT2D eigenvalue weighted by Gasteiger charge is -2.27. The second-order valence-electron chi connectivity index (χ2n) is 11.1. The van der Waals surface area contributed by atoms with Crippen LogP contribution in [-0.4, -0.2) is 71.1 Å². The van der Waals surface area contributed by atoms with E-state index in [1.54, 1.807) is 0 Å². The molecule has 1 atom stereocenters. The van der Waals surface area contributed by atoms with E-state index in [0.717, 1.165) is 25.1 Å². The Morgan fingerprint density at radius 2 is 1.86 bits per heavy atom. The molecule has 5 rings (SSSR count). The number of hydrogen-bond acceptors (Lipinski definition) is 9. The average Bonchev–Trinajstić information content (AvgIpc) is 3.68. The Bertz CT molecular complexity index is 1750. The minimum atomic E-state index is -4.74. The van der Waals surface area contributed by atoms with Crippen LogP contribution >= 0.6 is 24.8 Å². The van der Waals surface area contributed by atoms with Crippen LogP contribution in [-0.2, 0) is 22.3 Å². The first-order valence-corrected chi connectivity index (χ1v) is 14.9. The number of H-pyrrole nitrogens is 1. The van der Waals surface area contributed by atoms with Crippen LogP contribution < -0.4 is 4.74 Å². The van der Waals surface area contributed by atoms with Crippen molar-refractivity contribution >= 4 is 37.0 Å². The zero-order valence-electron chi connectivity index (χ0n) is 26.7. The van der Waals surface area contributed by atoms with Gasteiger partial charge in [-0.05, 0) is 70.2 Å². The Balaban J connectivity index is 0.00000325. The van der Waals surface area contributed by atoms with Crippen LogP contribution in [0.5, 0.6) is 5.75 Å². The van der Waals surface area contributed by atoms with Crippen molar-refractivity contribution < 1.29 is 40.7 Å². The molecule has 4 aromatic rings. The molecule has 0 aliphatic carbocycles. The summed E-state index contributed by atoms with van der Waals surface area (Å²) >= 11 is 0. The number of carbonyl (C=O) groups excluding carboxylic acids is 1. The van der Waals surface area contributed by atoms with Gasteiger partial charge in [0.1, 0.15) is 23.0 Å². The number of imidazole rings is 1. The quantitative estimate of drug-likeness (QED) is 0.0859. The molecule has 0 amide bonds. The van der Waals surface area contributed by atoms with Crippen LogP contribution in [0.1, 0.15) is 54.9 Å². The van der Waals surface area contributed by atoms with Crippen molar-refractivity contribution in [2.75, 3.05) is 33.9 Å². The monoisotopic (exact) mass is 732 g/mol. The number of nitrogens with zero attached hydrogens (tertiary/aromatic N) is 5. The Morgan fingerprint density at radius 1 is 1.08 bits per heavy atom. The van der Waals surface area contributed by atoms with E-state index >= 15 is 0 Å². The zero-order valence-corrected chi connectivity index (χ0v) is 28.4. The van der Waals surface area contributed by atoms with Gasteiger partial charge in [-0.25, -0.2) is 18.6 Å². The third-order valence-electron chi connectivity index (χ3n) is 7.27. The molecule has 0 radical (unpaired) electrons. The summed E-state index contributed by atoms with van der Waals surface area (Å²) in [5, 5.41) is 9.51. The molecule has 0 bridgehead atoms. The number of alkyl halides is 3. The van der Waals surface area contributed by atoms with E-state index in [9.17, 15) is 26.7 Å². The Kier molecular flexibility index (Phi) is 13.6. The van der Waals surface area contributed by atoms with Gasteiger partial charge in [-0.1, -0.05) is 18.1 Å². The molecule has 1 aliphatic heterocycles. The molecule has 1 N–H and O–H groups in total. The van der Waals surface area contributed by atoms with Gasteiger partial charge in [0.05, 0.1) is 42.8 Å². The molecule has 1 aliphatic rings. The van der Waals surface area contributed by atoms with Crippen molar-refractivity contribution in [2.24, 2.45) is 5.10 Å². The second-order valence-corrected chi connectivity index (χ2v) is 11.1. The number of carbonyl (C=O) groups is 1. The number of rotatable bonds is 13. The van der Waals surface area contributed by atoms with E-state index < -0.39 is 35.4 Å². The summed E-state index contributed by atoms with van der Waals surface area (Å²) in [6, 6.07) is 7.11. The van der Waals surface area contributed by atoms with Crippen molar-refractivity contribution in [3.05, 3.63) is 76.8 Å². The molecule has 10 nitrogen and oxygen atoms in total. The third-order valence-corrected chi connectivity index (χ3v) is 7.27. The number of nitrogens with one attached hydrogen (secondary N) is 1. The molecule has 1 unspecified atom stereocenters. The van der Waals surface area contributed by atoms with Gasteiger partial charge in [0.2, 0.25) is 6.04 Å². The summed E-state index contributed by atoms with van der Waals surface area (Å²) in [6.07, 6.45) is -1.48. The van der Waals surface area contributed by atoms with Gasteiger partial charge < -0.3 is 23.9 Å². The van der Waals surface area contributed by atoms with Crippen LogP contribution in [0.3, 0.4) is 0 Å². The number of aromatic amines is 1. The van der Waals surface area contributed by atoms with E-state index in [2.05, 4.69) is 20.2 Å². The Labute approximate surface area is 291 Å². The normalized spacial score (nSPS) is 13.0. The highest BCUT2D eigenvalue weighted by Gasteiger charge is 2.38. The van der Waals surface area contributed by atoms with Gasteiger partial charge in [0, 0.05) is 11.6 Å². The molecule has 0 saturated heterocycles. The van der Waals surface area contributed by atoms with Gasteiger partial charge >= 0.3 is 12.1 Å². The van der Waals surface area contributed by atoms with Crippen molar-refractivity contribution in [3.63, 3.8) is 0 Å². The maximum Gasteiger partial charge on any atom is 0.417 e.